The van der Waals surface area contributed by atoms with Gasteiger partial charge in [-0.25, -0.2) is 0 Å². The van der Waals surface area contributed by atoms with Crippen LogP contribution in [0.1, 0.15) is 25.3 Å². The van der Waals surface area contributed by atoms with Crippen molar-refractivity contribution in [1.82, 2.24) is 10.2 Å². The van der Waals surface area contributed by atoms with Crippen LogP contribution >= 0.6 is 0 Å². The maximum Gasteiger partial charge on any atom is 0.193 e. The highest BCUT2D eigenvalue weighted by molar-refractivity contribution is 5.79. The first kappa shape index (κ1) is 17.6. The molecule has 5 heteroatoms. The minimum absolute atomic E-state index is 0.671. The molecule has 0 saturated heterocycles. The molecule has 1 N–H and O–H groups in total. The van der Waals surface area contributed by atoms with Crippen LogP contribution in [0.3, 0.4) is 0 Å². The van der Waals surface area contributed by atoms with Crippen molar-refractivity contribution in [2.75, 3.05) is 40.5 Å². The monoisotopic (exact) mass is 319 g/mol. The molecule has 0 heterocycles. The van der Waals surface area contributed by atoms with Gasteiger partial charge in [-0.15, -0.1) is 0 Å². The van der Waals surface area contributed by atoms with Crippen LogP contribution in [0.25, 0.3) is 0 Å². The van der Waals surface area contributed by atoms with Gasteiger partial charge in [0.15, 0.2) is 5.96 Å². The van der Waals surface area contributed by atoms with Gasteiger partial charge in [0.05, 0.1) is 13.2 Å². The smallest absolute Gasteiger partial charge is 0.193 e. The summed E-state index contributed by atoms with van der Waals surface area (Å²) < 4.78 is 11.3. The maximum atomic E-state index is 5.69. The first-order valence-corrected chi connectivity index (χ1v) is 8.44. The van der Waals surface area contributed by atoms with Crippen LogP contribution in [0, 0.1) is 5.92 Å². The normalized spacial score (nSPS) is 14.7. The van der Waals surface area contributed by atoms with Crippen LogP contribution in [0.2, 0.25) is 0 Å². The molecule has 1 aromatic carbocycles. The van der Waals surface area contributed by atoms with E-state index in [4.69, 9.17) is 9.47 Å². The Morgan fingerprint density at radius 3 is 2.83 bits per heavy atom. The van der Waals surface area contributed by atoms with Gasteiger partial charge in [-0.1, -0.05) is 18.2 Å². The van der Waals surface area contributed by atoms with E-state index in [-0.39, 0.29) is 0 Å². The number of rotatable bonds is 9. The second-order valence-electron chi connectivity index (χ2n) is 5.88. The highest BCUT2D eigenvalue weighted by Gasteiger charge is 2.21. The van der Waals surface area contributed by atoms with E-state index in [1.165, 1.54) is 12.8 Å². The Morgan fingerprint density at radius 1 is 1.35 bits per heavy atom. The van der Waals surface area contributed by atoms with Crippen LogP contribution < -0.4 is 10.1 Å². The number of aliphatic imine (C=N–C) groups is 1. The Bertz CT molecular complexity index is 501. The molecule has 0 aliphatic heterocycles. The molecule has 0 unspecified atom stereocenters. The van der Waals surface area contributed by atoms with Crippen molar-refractivity contribution in [3.63, 3.8) is 0 Å². The van der Waals surface area contributed by atoms with Gasteiger partial charge in [0.2, 0.25) is 0 Å². The summed E-state index contributed by atoms with van der Waals surface area (Å²) in [5, 5.41) is 3.39. The first-order chi connectivity index (χ1) is 11.2. The van der Waals surface area contributed by atoms with E-state index in [0.29, 0.717) is 13.2 Å². The van der Waals surface area contributed by atoms with Crippen molar-refractivity contribution in [3.8, 4) is 5.75 Å². The van der Waals surface area contributed by atoms with Crippen molar-refractivity contribution in [1.29, 1.82) is 0 Å². The van der Waals surface area contributed by atoms with Gasteiger partial charge in [-0.2, -0.15) is 0 Å². The molecular weight excluding hydrogens is 290 g/mol. The number of nitrogens with one attached hydrogen (secondary N) is 1. The molecule has 1 saturated carbocycles. The van der Waals surface area contributed by atoms with Crippen LogP contribution in [0.15, 0.2) is 29.3 Å². The molecule has 1 aromatic rings. The molecule has 0 aromatic heterocycles. The minimum atomic E-state index is 0.671. The summed E-state index contributed by atoms with van der Waals surface area (Å²) in [4.78, 5) is 6.43. The van der Waals surface area contributed by atoms with E-state index in [1.54, 1.807) is 7.05 Å². The second-order valence-corrected chi connectivity index (χ2v) is 5.88. The van der Waals surface area contributed by atoms with E-state index in [9.17, 15) is 0 Å². The van der Waals surface area contributed by atoms with Crippen molar-refractivity contribution in [2.45, 2.75) is 26.3 Å². The Labute approximate surface area is 139 Å². The largest absolute Gasteiger partial charge is 0.494 e. The molecule has 0 amide bonds. The van der Waals surface area contributed by atoms with Crippen LogP contribution in [0.5, 0.6) is 5.75 Å². The van der Waals surface area contributed by atoms with E-state index in [1.807, 2.05) is 32.2 Å². The Balaban J connectivity index is 1.77. The summed E-state index contributed by atoms with van der Waals surface area (Å²) >= 11 is 0. The van der Waals surface area contributed by atoms with Gasteiger partial charge in [0.25, 0.3) is 0 Å². The van der Waals surface area contributed by atoms with Gasteiger partial charge in [-0.05, 0) is 31.7 Å². The maximum absolute atomic E-state index is 5.69. The van der Waals surface area contributed by atoms with Crippen molar-refractivity contribution in [2.24, 2.45) is 10.9 Å². The quantitative estimate of drug-likeness (QED) is 0.432. The number of guanidine groups is 1. The summed E-state index contributed by atoms with van der Waals surface area (Å²) in [7, 11) is 3.84. The molecule has 1 aliphatic carbocycles. The molecule has 0 spiro atoms. The summed E-state index contributed by atoms with van der Waals surface area (Å²) in [6.07, 6.45) is 2.66. The molecule has 0 bridgehead atoms. The van der Waals surface area contributed by atoms with Crippen molar-refractivity contribution >= 4 is 5.96 Å². The van der Waals surface area contributed by atoms with E-state index in [2.05, 4.69) is 21.3 Å². The lowest BCUT2D eigenvalue weighted by Crippen LogP contribution is -2.40. The fourth-order valence-electron chi connectivity index (χ4n) is 2.35. The standard InChI is InChI=1S/C18H29N3O2/c1-4-23-17-8-6-5-7-16(17)13-20-18(19-2)21(3)11-12-22-14-15-9-10-15/h5-8,15H,4,9-14H2,1-3H3,(H,19,20). The minimum Gasteiger partial charge on any atom is -0.494 e. The summed E-state index contributed by atoms with van der Waals surface area (Å²) in [5.41, 5.74) is 1.13. The fraction of sp³-hybridized carbons (Fsp3) is 0.611. The topological polar surface area (TPSA) is 46.1 Å². The Morgan fingerprint density at radius 2 is 2.13 bits per heavy atom. The third kappa shape index (κ3) is 6.10. The Kier molecular flexibility index (Phi) is 7.20. The SMILES string of the molecule is CCOc1ccccc1CNC(=NC)N(C)CCOCC1CC1. The molecule has 0 radical (unpaired) electrons. The zero-order valence-corrected chi connectivity index (χ0v) is 14.5. The average Bonchev–Trinajstić information content (AvgIpc) is 3.38. The fourth-order valence-corrected chi connectivity index (χ4v) is 2.35. The lowest BCUT2D eigenvalue weighted by molar-refractivity contribution is 0.115. The number of nitrogens with zero attached hydrogens (tertiary/aromatic N) is 2. The van der Waals surface area contributed by atoms with Crippen LogP contribution in [-0.2, 0) is 11.3 Å². The van der Waals surface area contributed by atoms with Crippen LogP contribution in [0.4, 0.5) is 0 Å². The van der Waals surface area contributed by atoms with Gasteiger partial charge in [0.1, 0.15) is 5.75 Å². The molecule has 5 nitrogen and oxygen atoms in total. The van der Waals surface area contributed by atoms with Gasteiger partial charge < -0.3 is 19.7 Å². The molecule has 0 atom stereocenters. The Hall–Kier alpha value is -1.75. The highest BCUT2D eigenvalue weighted by Crippen LogP contribution is 2.28. The van der Waals surface area contributed by atoms with E-state index < -0.39 is 0 Å². The molecule has 128 valence electrons. The summed E-state index contributed by atoms with van der Waals surface area (Å²) in [5.74, 6) is 2.60. The molecule has 2 rings (SSSR count). The highest BCUT2D eigenvalue weighted by atomic mass is 16.5. The first-order valence-electron chi connectivity index (χ1n) is 8.44. The summed E-state index contributed by atoms with van der Waals surface area (Å²) in [6.45, 7) is 5.84. The van der Waals surface area contributed by atoms with Crippen molar-refractivity contribution in [3.05, 3.63) is 29.8 Å². The summed E-state index contributed by atoms with van der Waals surface area (Å²) in [6, 6.07) is 8.09. The number of ether oxygens (including phenoxy) is 2. The second kappa shape index (κ2) is 9.40. The molecule has 1 aliphatic rings. The number of likely N-dealkylation sites (N-methyl/N-ethyl adjacent to an activating group) is 1. The average molecular weight is 319 g/mol. The number of benzene rings is 1. The van der Waals surface area contributed by atoms with Crippen molar-refractivity contribution < 1.29 is 9.47 Å². The molecule has 23 heavy (non-hydrogen) atoms. The predicted octanol–water partition coefficient (Wildman–Crippen LogP) is 2.52. The number of hydrogen-bond donors (Lipinski definition) is 1. The van der Waals surface area contributed by atoms with Gasteiger partial charge >= 0.3 is 0 Å². The molecule has 1 fully saturated rings. The zero-order valence-electron chi connectivity index (χ0n) is 14.5. The predicted molar refractivity (Wildman–Crippen MR) is 94.0 cm³/mol. The zero-order chi connectivity index (χ0) is 16.5. The molecular formula is C18H29N3O2. The lowest BCUT2D eigenvalue weighted by atomic mass is 10.2. The number of hydrogen-bond acceptors (Lipinski definition) is 3. The van der Waals surface area contributed by atoms with Crippen LogP contribution in [-0.4, -0.2) is 51.3 Å². The number of para-hydroxylation sites is 1. The van der Waals surface area contributed by atoms with E-state index >= 15 is 0 Å². The third-order valence-electron chi connectivity index (χ3n) is 3.90. The lowest BCUT2D eigenvalue weighted by Gasteiger charge is -2.22. The van der Waals surface area contributed by atoms with Gasteiger partial charge in [0, 0.05) is 39.4 Å². The third-order valence-corrected chi connectivity index (χ3v) is 3.90. The van der Waals surface area contributed by atoms with E-state index in [0.717, 1.165) is 42.9 Å². The van der Waals surface area contributed by atoms with Gasteiger partial charge in [-0.3, -0.25) is 4.99 Å².